The number of nitrogens with two attached hydrogens (primary N) is 1. The van der Waals surface area contributed by atoms with Gasteiger partial charge in [0, 0.05) is 19.1 Å². The van der Waals surface area contributed by atoms with E-state index in [0.29, 0.717) is 12.6 Å². The molecule has 0 aromatic heterocycles. The number of halogens is 1. The van der Waals surface area contributed by atoms with Crippen LogP contribution in [0, 0.1) is 0 Å². The quantitative estimate of drug-likeness (QED) is 0.528. The molecule has 1 heterocycles. The Morgan fingerprint density at radius 1 is 1.57 bits per heavy atom. The Morgan fingerprint density at radius 3 is 2.57 bits per heavy atom. The summed E-state index contributed by atoms with van der Waals surface area (Å²) in [5, 5.41) is 0. The zero-order valence-corrected chi connectivity index (χ0v) is 9.18. The number of rotatable bonds is 2. The van der Waals surface area contributed by atoms with Gasteiger partial charge in [-0.25, -0.2) is 4.79 Å². The number of nitrogens with one attached hydrogen (secondary N) is 1. The predicted octanol–water partition coefficient (Wildman–Crippen LogP) is 0.492. The smallest absolute Gasteiger partial charge is 0.409 e. The molecule has 1 rings (SSSR count). The third-order valence-corrected chi connectivity index (χ3v) is 2.26. The number of carbonyl (C=O) groups is 1. The zero-order chi connectivity index (χ0) is 9.68. The van der Waals surface area contributed by atoms with Gasteiger partial charge in [-0.15, -0.1) is 12.4 Å². The average Bonchev–Trinajstić information content (AvgIpc) is 2.18. The number of piperidine rings is 1. The molecule has 6 heteroatoms. The summed E-state index contributed by atoms with van der Waals surface area (Å²) in [6.07, 6.45) is 1.59. The Balaban J connectivity index is 0.00000169. The lowest BCUT2D eigenvalue weighted by Crippen LogP contribution is -2.47. The standard InChI is InChI=1S/C8H17N3O2.ClH/c1-2-13-8(12)11-5-3-7(10-9)4-6-11;/h7,10H,2-6,9H2,1H3;1H. The van der Waals surface area contributed by atoms with Crippen LogP contribution in [0.2, 0.25) is 0 Å². The van der Waals surface area contributed by atoms with Crippen LogP contribution in [0.1, 0.15) is 19.8 Å². The summed E-state index contributed by atoms with van der Waals surface area (Å²) in [5.74, 6) is 5.30. The topological polar surface area (TPSA) is 67.6 Å². The number of carbonyl (C=O) groups excluding carboxylic acids is 1. The number of amides is 1. The second-order valence-electron chi connectivity index (χ2n) is 3.13. The first-order chi connectivity index (χ1) is 6.27. The molecule has 84 valence electrons. The predicted molar refractivity (Wildman–Crippen MR) is 56.2 cm³/mol. The molecule has 14 heavy (non-hydrogen) atoms. The van der Waals surface area contributed by atoms with Crippen molar-refractivity contribution in [1.82, 2.24) is 10.3 Å². The molecule has 0 spiro atoms. The van der Waals surface area contributed by atoms with Gasteiger partial charge in [-0.05, 0) is 19.8 Å². The SMILES string of the molecule is CCOC(=O)N1CCC(NN)CC1.Cl. The van der Waals surface area contributed by atoms with E-state index < -0.39 is 0 Å². The van der Waals surface area contributed by atoms with Crippen LogP contribution < -0.4 is 11.3 Å². The van der Waals surface area contributed by atoms with E-state index in [0.717, 1.165) is 25.9 Å². The molecule has 3 N–H and O–H groups in total. The molecule has 0 aromatic rings. The van der Waals surface area contributed by atoms with Crippen LogP contribution in [0.5, 0.6) is 0 Å². The van der Waals surface area contributed by atoms with Gasteiger partial charge >= 0.3 is 6.09 Å². The molecule has 0 unspecified atom stereocenters. The molecule has 0 aromatic carbocycles. The summed E-state index contributed by atoms with van der Waals surface area (Å²) >= 11 is 0. The van der Waals surface area contributed by atoms with E-state index in [1.165, 1.54) is 0 Å². The van der Waals surface area contributed by atoms with Crippen molar-refractivity contribution in [1.29, 1.82) is 0 Å². The molecule has 0 radical (unpaired) electrons. The number of hydrogen-bond donors (Lipinski definition) is 2. The molecule has 0 saturated carbocycles. The molecule has 1 aliphatic heterocycles. The van der Waals surface area contributed by atoms with Crippen LogP contribution in [0.3, 0.4) is 0 Å². The highest BCUT2D eigenvalue weighted by molar-refractivity contribution is 5.85. The molecule has 0 bridgehead atoms. The maximum atomic E-state index is 11.2. The van der Waals surface area contributed by atoms with Crippen molar-refractivity contribution in [3.8, 4) is 0 Å². The van der Waals surface area contributed by atoms with E-state index in [9.17, 15) is 4.79 Å². The number of hydrazine groups is 1. The molecule has 1 saturated heterocycles. The fraction of sp³-hybridized carbons (Fsp3) is 0.875. The van der Waals surface area contributed by atoms with Gasteiger partial charge in [0.05, 0.1) is 6.61 Å². The highest BCUT2D eigenvalue weighted by Crippen LogP contribution is 2.10. The van der Waals surface area contributed by atoms with Crippen LogP contribution in [0.15, 0.2) is 0 Å². The summed E-state index contributed by atoms with van der Waals surface area (Å²) in [4.78, 5) is 13.0. The number of nitrogens with zero attached hydrogens (tertiary/aromatic N) is 1. The van der Waals surface area contributed by atoms with Crippen molar-refractivity contribution in [2.45, 2.75) is 25.8 Å². The molecule has 5 nitrogen and oxygen atoms in total. The third kappa shape index (κ3) is 3.69. The van der Waals surface area contributed by atoms with Gasteiger partial charge in [0.15, 0.2) is 0 Å². The molecule has 1 fully saturated rings. The second kappa shape index (κ2) is 6.86. The highest BCUT2D eigenvalue weighted by atomic mass is 35.5. The summed E-state index contributed by atoms with van der Waals surface area (Å²) in [6, 6.07) is 0.339. The maximum absolute atomic E-state index is 11.2. The van der Waals surface area contributed by atoms with Crippen LogP contribution in [0.25, 0.3) is 0 Å². The maximum Gasteiger partial charge on any atom is 0.409 e. The first-order valence-corrected chi connectivity index (χ1v) is 4.65. The lowest BCUT2D eigenvalue weighted by atomic mass is 10.1. The van der Waals surface area contributed by atoms with E-state index in [1.54, 1.807) is 4.90 Å². The van der Waals surface area contributed by atoms with E-state index in [1.807, 2.05) is 6.92 Å². The monoisotopic (exact) mass is 223 g/mol. The van der Waals surface area contributed by atoms with Crippen LogP contribution in [0.4, 0.5) is 4.79 Å². The van der Waals surface area contributed by atoms with E-state index >= 15 is 0 Å². The van der Waals surface area contributed by atoms with Gasteiger partial charge in [-0.1, -0.05) is 0 Å². The van der Waals surface area contributed by atoms with Gasteiger partial charge in [0.2, 0.25) is 0 Å². The lowest BCUT2D eigenvalue weighted by Gasteiger charge is -2.30. The molecule has 1 aliphatic rings. The molecule has 1 amide bonds. The fourth-order valence-electron chi connectivity index (χ4n) is 1.44. The van der Waals surface area contributed by atoms with Crippen molar-refractivity contribution < 1.29 is 9.53 Å². The van der Waals surface area contributed by atoms with E-state index in [4.69, 9.17) is 10.6 Å². The Hall–Kier alpha value is -0.520. The van der Waals surface area contributed by atoms with E-state index in [-0.39, 0.29) is 18.5 Å². The molecular weight excluding hydrogens is 206 g/mol. The van der Waals surface area contributed by atoms with Gasteiger partial charge in [0.1, 0.15) is 0 Å². The zero-order valence-electron chi connectivity index (χ0n) is 8.36. The minimum Gasteiger partial charge on any atom is -0.450 e. The molecular formula is C8H18ClN3O2. The van der Waals surface area contributed by atoms with Crippen molar-refractivity contribution in [2.75, 3.05) is 19.7 Å². The summed E-state index contributed by atoms with van der Waals surface area (Å²) in [6.45, 7) is 3.71. The molecule has 0 aliphatic carbocycles. The molecule has 0 atom stereocenters. The van der Waals surface area contributed by atoms with E-state index in [2.05, 4.69) is 5.43 Å². The summed E-state index contributed by atoms with van der Waals surface area (Å²) in [7, 11) is 0. The largest absolute Gasteiger partial charge is 0.450 e. The lowest BCUT2D eigenvalue weighted by molar-refractivity contribution is 0.0951. The summed E-state index contributed by atoms with van der Waals surface area (Å²) < 4.78 is 4.89. The normalized spacial score (nSPS) is 17.4. The van der Waals surface area contributed by atoms with Gasteiger partial charge in [0.25, 0.3) is 0 Å². The van der Waals surface area contributed by atoms with Crippen molar-refractivity contribution in [3.05, 3.63) is 0 Å². The number of ether oxygens (including phenoxy) is 1. The third-order valence-electron chi connectivity index (χ3n) is 2.26. The summed E-state index contributed by atoms with van der Waals surface area (Å²) in [5.41, 5.74) is 2.72. The fourth-order valence-corrected chi connectivity index (χ4v) is 1.44. The Labute approximate surface area is 90.3 Å². The number of likely N-dealkylation sites (tertiary alicyclic amines) is 1. The Bertz CT molecular complexity index is 172. The minimum atomic E-state index is -0.210. The van der Waals surface area contributed by atoms with Gasteiger partial charge in [-0.3, -0.25) is 11.3 Å². The minimum absolute atomic E-state index is 0. The second-order valence-corrected chi connectivity index (χ2v) is 3.13. The Kier molecular flexibility index (Phi) is 6.61. The van der Waals surface area contributed by atoms with Crippen molar-refractivity contribution in [3.63, 3.8) is 0 Å². The first-order valence-electron chi connectivity index (χ1n) is 4.65. The highest BCUT2D eigenvalue weighted by Gasteiger charge is 2.22. The van der Waals surface area contributed by atoms with Gasteiger partial charge in [-0.2, -0.15) is 0 Å². The van der Waals surface area contributed by atoms with Crippen LogP contribution >= 0.6 is 12.4 Å². The first kappa shape index (κ1) is 13.5. The van der Waals surface area contributed by atoms with Crippen LogP contribution in [-0.2, 0) is 4.74 Å². The Morgan fingerprint density at radius 2 is 2.14 bits per heavy atom. The van der Waals surface area contributed by atoms with Crippen molar-refractivity contribution in [2.24, 2.45) is 5.84 Å². The van der Waals surface area contributed by atoms with Gasteiger partial charge < -0.3 is 9.64 Å². The van der Waals surface area contributed by atoms with Crippen LogP contribution in [-0.4, -0.2) is 36.7 Å². The van der Waals surface area contributed by atoms with Crippen molar-refractivity contribution >= 4 is 18.5 Å². The average molecular weight is 224 g/mol. The number of hydrogen-bond acceptors (Lipinski definition) is 4.